The summed E-state index contributed by atoms with van der Waals surface area (Å²) in [5, 5.41) is 10.6. The van der Waals surface area contributed by atoms with E-state index in [1.165, 1.54) is 11.7 Å². The number of methoxy groups -OCH3 is 1. The lowest BCUT2D eigenvalue weighted by atomic mass is 9.86. The highest BCUT2D eigenvalue weighted by atomic mass is 16.5. The maximum Gasteiger partial charge on any atom is 0.418 e. The van der Waals surface area contributed by atoms with Crippen LogP contribution in [0, 0.1) is 5.92 Å². The molecule has 1 N–H and O–H groups in total. The van der Waals surface area contributed by atoms with E-state index >= 15 is 0 Å². The van der Waals surface area contributed by atoms with Crippen LogP contribution in [0.2, 0.25) is 0 Å². The summed E-state index contributed by atoms with van der Waals surface area (Å²) in [6.45, 7) is 3.05. The number of carbonyl (C=O) groups excluding carboxylic acids is 2. The standard InChI is InChI=1S/C21H26N2O5/c1-14(24)22-11-9-15(10-12-22)7-8-17(20(25)26)18-13-23(21(27)28-2)19-6-4-3-5-16(18)19/h3-6,13,15,17H,7-12H2,1-2H3,(H,25,26). The average Bonchev–Trinajstić information content (AvgIpc) is 3.07. The molecule has 28 heavy (non-hydrogen) atoms. The van der Waals surface area contributed by atoms with Crippen LogP contribution in [-0.4, -0.2) is 52.7 Å². The van der Waals surface area contributed by atoms with Crippen molar-refractivity contribution in [2.24, 2.45) is 5.92 Å². The number of fused-ring (bicyclic) bond motifs is 1. The van der Waals surface area contributed by atoms with Gasteiger partial charge in [-0.1, -0.05) is 18.2 Å². The zero-order chi connectivity index (χ0) is 20.3. The maximum atomic E-state index is 12.1. The number of ether oxygens (including phenoxy) is 1. The van der Waals surface area contributed by atoms with E-state index in [1.807, 2.05) is 23.1 Å². The predicted octanol–water partition coefficient (Wildman–Crippen LogP) is 3.46. The molecule has 1 aliphatic heterocycles. The number of carboxylic acids is 1. The Morgan fingerprint density at radius 1 is 1.21 bits per heavy atom. The second-order valence-electron chi connectivity index (χ2n) is 7.36. The van der Waals surface area contributed by atoms with Crippen LogP contribution >= 0.6 is 0 Å². The molecule has 1 amide bonds. The Hall–Kier alpha value is -2.83. The lowest BCUT2D eigenvalue weighted by Gasteiger charge is -2.31. The van der Waals surface area contributed by atoms with Crippen LogP contribution in [0.3, 0.4) is 0 Å². The number of carboxylic acid groups (broad SMARTS) is 1. The summed E-state index contributed by atoms with van der Waals surface area (Å²) >= 11 is 0. The van der Waals surface area contributed by atoms with Crippen LogP contribution in [0.15, 0.2) is 30.5 Å². The number of amides is 1. The van der Waals surface area contributed by atoms with Crippen LogP contribution in [0.5, 0.6) is 0 Å². The van der Waals surface area contributed by atoms with E-state index < -0.39 is 18.0 Å². The first-order valence-electron chi connectivity index (χ1n) is 9.59. The molecule has 0 spiro atoms. The quantitative estimate of drug-likeness (QED) is 0.850. The molecule has 1 fully saturated rings. The molecule has 1 unspecified atom stereocenters. The number of rotatable bonds is 5. The van der Waals surface area contributed by atoms with Gasteiger partial charge in [0.25, 0.3) is 0 Å². The predicted molar refractivity (Wildman–Crippen MR) is 104 cm³/mol. The van der Waals surface area contributed by atoms with Crippen LogP contribution in [0.25, 0.3) is 10.9 Å². The van der Waals surface area contributed by atoms with Gasteiger partial charge in [-0.2, -0.15) is 0 Å². The van der Waals surface area contributed by atoms with Gasteiger partial charge in [0, 0.05) is 31.6 Å². The lowest BCUT2D eigenvalue weighted by molar-refractivity contribution is -0.139. The number of para-hydroxylation sites is 1. The summed E-state index contributed by atoms with van der Waals surface area (Å²) in [5.74, 6) is -1.08. The van der Waals surface area contributed by atoms with Gasteiger partial charge in [-0.15, -0.1) is 0 Å². The molecule has 0 radical (unpaired) electrons. The van der Waals surface area contributed by atoms with Crippen molar-refractivity contribution < 1.29 is 24.2 Å². The number of hydrogen-bond donors (Lipinski definition) is 1. The minimum atomic E-state index is -0.894. The molecule has 0 saturated carbocycles. The molecule has 1 saturated heterocycles. The van der Waals surface area contributed by atoms with Crippen molar-refractivity contribution in [2.45, 2.75) is 38.5 Å². The first-order chi connectivity index (χ1) is 13.4. The Morgan fingerprint density at radius 2 is 1.89 bits per heavy atom. The topological polar surface area (TPSA) is 88.8 Å². The number of hydrogen-bond acceptors (Lipinski definition) is 4. The zero-order valence-corrected chi connectivity index (χ0v) is 16.3. The molecule has 150 valence electrons. The Balaban J connectivity index is 1.79. The van der Waals surface area contributed by atoms with Gasteiger partial charge >= 0.3 is 12.1 Å². The van der Waals surface area contributed by atoms with Crippen molar-refractivity contribution >= 4 is 28.9 Å². The Bertz CT molecular complexity index is 880. The molecule has 1 atom stereocenters. The molecule has 7 heteroatoms. The van der Waals surface area contributed by atoms with Crippen molar-refractivity contribution in [1.29, 1.82) is 0 Å². The van der Waals surface area contributed by atoms with Gasteiger partial charge in [0.05, 0.1) is 18.5 Å². The van der Waals surface area contributed by atoms with Gasteiger partial charge in [-0.25, -0.2) is 4.79 Å². The summed E-state index contributed by atoms with van der Waals surface area (Å²) in [6.07, 6.45) is 4.12. The number of aliphatic carboxylic acids is 1. The van der Waals surface area contributed by atoms with Gasteiger partial charge in [-0.05, 0) is 43.2 Å². The fourth-order valence-electron chi connectivity index (χ4n) is 4.08. The molecule has 1 aromatic carbocycles. The van der Waals surface area contributed by atoms with E-state index in [1.54, 1.807) is 19.2 Å². The minimum Gasteiger partial charge on any atom is -0.481 e. The summed E-state index contributed by atoms with van der Waals surface area (Å²) in [6, 6.07) is 7.27. The summed E-state index contributed by atoms with van der Waals surface area (Å²) in [4.78, 5) is 37.4. The molecule has 0 aliphatic carbocycles. The van der Waals surface area contributed by atoms with Crippen molar-refractivity contribution in [3.8, 4) is 0 Å². The zero-order valence-electron chi connectivity index (χ0n) is 16.3. The number of piperidine rings is 1. The monoisotopic (exact) mass is 386 g/mol. The van der Waals surface area contributed by atoms with Crippen molar-refractivity contribution in [3.63, 3.8) is 0 Å². The van der Waals surface area contributed by atoms with Crippen LogP contribution in [0.4, 0.5) is 4.79 Å². The molecule has 1 aliphatic rings. The van der Waals surface area contributed by atoms with Gasteiger partial charge in [-0.3, -0.25) is 14.2 Å². The SMILES string of the molecule is COC(=O)n1cc(C(CCC2CCN(C(C)=O)CC2)C(=O)O)c2ccccc21. The number of nitrogens with zero attached hydrogens (tertiary/aromatic N) is 2. The summed E-state index contributed by atoms with van der Waals surface area (Å²) in [5.41, 5.74) is 1.28. The second kappa shape index (κ2) is 8.46. The first-order valence-corrected chi connectivity index (χ1v) is 9.59. The molecular formula is C21H26N2O5. The minimum absolute atomic E-state index is 0.0949. The Morgan fingerprint density at radius 3 is 2.50 bits per heavy atom. The highest BCUT2D eigenvalue weighted by Gasteiger charge is 2.28. The number of carbonyl (C=O) groups is 3. The molecule has 0 bridgehead atoms. The second-order valence-corrected chi connectivity index (χ2v) is 7.36. The number of benzene rings is 1. The van der Waals surface area contributed by atoms with E-state index in [0.717, 1.165) is 37.7 Å². The van der Waals surface area contributed by atoms with E-state index in [4.69, 9.17) is 4.74 Å². The summed E-state index contributed by atoms with van der Waals surface area (Å²) < 4.78 is 6.19. The molecule has 2 aromatic rings. The lowest BCUT2D eigenvalue weighted by Crippen LogP contribution is -2.37. The summed E-state index contributed by atoms with van der Waals surface area (Å²) in [7, 11) is 1.30. The van der Waals surface area contributed by atoms with Crippen molar-refractivity contribution in [2.75, 3.05) is 20.2 Å². The van der Waals surface area contributed by atoms with Crippen molar-refractivity contribution in [1.82, 2.24) is 9.47 Å². The first kappa shape index (κ1) is 19.9. The fourth-order valence-corrected chi connectivity index (χ4v) is 4.08. The van der Waals surface area contributed by atoms with E-state index in [-0.39, 0.29) is 5.91 Å². The molecule has 2 heterocycles. The highest BCUT2D eigenvalue weighted by molar-refractivity contribution is 5.95. The van der Waals surface area contributed by atoms with E-state index in [9.17, 15) is 19.5 Å². The molecule has 7 nitrogen and oxygen atoms in total. The number of aromatic nitrogens is 1. The largest absolute Gasteiger partial charge is 0.481 e. The van der Waals surface area contributed by atoms with Crippen molar-refractivity contribution in [3.05, 3.63) is 36.0 Å². The third-order valence-corrected chi connectivity index (χ3v) is 5.71. The molecular weight excluding hydrogens is 360 g/mol. The normalized spacial score (nSPS) is 16.1. The van der Waals surface area contributed by atoms with Gasteiger partial charge in [0.2, 0.25) is 5.91 Å². The van der Waals surface area contributed by atoms with Gasteiger partial charge in [0.1, 0.15) is 0 Å². The Labute approximate surface area is 163 Å². The number of likely N-dealkylation sites (tertiary alicyclic amines) is 1. The van der Waals surface area contributed by atoms with Crippen LogP contribution < -0.4 is 0 Å². The van der Waals surface area contributed by atoms with Crippen LogP contribution in [0.1, 0.15) is 44.1 Å². The van der Waals surface area contributed by atoms with E-state index in [0.29, 0.717) is 23.4 Å². The smallest absolute Gasteiger partial charge is 0.418 e. The van der Waals surface area contributed by atoms with Crippen LogP contribution in [-0.2, 0) is 14.3 Å². The third kappa shape index (κ3) is 4.03. The molecule has 3 rings (SSSR count). The maximum absolute atomic E-state index is 12.1. The molecule has 1 aromatic heterocycles. The fraction of sp³-hybridized carbons (Fsp3) is 0.476. The highest BCUT2D eigenvalue weighted by Crippen LogP contribution is 2.33. The van der Waals surface area contributed by atoms with E-state index in [2.05, 4.69) is 0 Å². The average molecular weight is 386 g/mol. The third-order valence-electron chi connectivity index (χ3n) is 5.71. The van der Waals surface area contributed by atoms with Gasteiger partial charge in [0.15, 0.2) is 0 Å². The Kier molecular flexibility index (Phi) is 6.02. The van der Waals surface area contributed by atoms with Gasteiger partial charge < -0.3 is 14.7 Å².